The van der Waals surface area contributed by atoms with E-state index in [1.54, 1.807) is 24.3 Å². The largest absolute Gasteiger partial charge is 0.366 e. The Morgan fingerprint density at radius 2 is 1.88 bits per heavy atom. The van der Waals surface area contributed by atoms with Crippen molar-refractivity contribution in [2.45, 2.75) is 4.90 Å². The van der Waals surface area contributed by atoms with Crippen molar-refractivity contribution in [1.82, 2.24) is 0 Å². The minimum Gasteiger partial charge on any atom is -0.366 e. The molecule has 2 rings (SSSR count). The monoisotopic (exact) mass is 409 g/mol. The highest BCUT2D eigenvalue weighted by Gasteiger charge is 2.18. The molecule has 2 aromatic carbocycles. The smallest absolute Gasteiger partial charge is 0.283 e. The summed E-state index contributed by atoms with van der Waals surface area (Å²) in [6, 6.07) is 11.0. The average Bonchev–Trinajstić information content (AvgIpc) is 2.54. The third-order valence-electron chi connectivity index (χ3n) is 2.93. The lowest BCUT2D eigenvalue weighted by Crippen LogP contribution is -2.14. The summed E-state index contributed by atoms with van der Waals surface area (Å²) in [5.41, 5.74) is 5.53. The van der Waals surface area contributed by atoms with Gasteiger partial charge in [-0.2, -0.15) is 0 Å². The standard InChI is InChI=1S/C15H12BrN3O4S/c16-10-2-4-11(5-3-10)18-14(20)8-24-13-6-1-9(15(17)21)7-12(13)19(22)23/h1-7H,8H2,(H2,17,21)(H,18,20). The molecular weight excluding hydrogens is 398 g/mol. The van der Waals surface area contributed by atoms with E-state index in [4.69, 9.17) is 5.73 Å². The second-order valence-electron chi connectivity index (χ2n) is 4.65. The molecule has 0 unspecified atom stereocenters. The van der Waals surface area contributed by atoms with Crippen molar-refractivity contribution >= 4 is 50.9 Å². The van der Waals surface area contributed by atoms with Crippen molar-refractivity contribution in [2.75, 3.05) is 11.1 Å². The lowest BCUT2D eigenvalue weighted by Gasteiger charge is -2.06. The van der Waals surface area contributed by atoms with E-state index in [2.05, 4.69) is 21.2 Å². The highest BCUT2D eigenvalue weighted by molar-refractivity contribution is 9.10. The molecule has 0 radical (unpaired) electrons. The number of primary amides is 1. The molecule has 2 amide bonds. The van der Waals surface area contributed by atoms with Gasteiger partial charge in [0.2, 0.25) is 11.8 Å². The van der Waals surface area contributed by atoms with Gasteiger partial charge in [-0.3, -0.25) is 19.7 Å². The molecule has 0 saturated carbocycles. The number of halogens is 1. The minimum atomic E-state index is -0.748. The maximum Gasteiger partial charge on any atom is 0.283 e. The maximum absolute atomic E-state index is 11.9. The van der Waals surface area contributed by atoms with Crippen molar-refractivity contribution in [1.29, 1.82) is 0 Å². The summed E-state index contributed by atoms with van der Waals surface area (Å²) in [4.78, 5) is 33.8. The van der Waals surface area contributed by atoms with Crippen LogP contribution in [0.4, 0.5) is 11.4 Å². The fourth-order valence-electron chi connectivity index (χ4n) is 1.81. The van der Waals surface area contributed by atoms with E-state index in [0.717, 1.165) is 22.3 Å². The maximum atomic E-state index is 11.9. The van der Waals surface area contributed by atoms with Crippen LogP contribution in [0.25, 0.3) is 0 Å². The molecule has 124 valence electrons. The summed E-state index contributed by atoms with van der Waals surface area (Å²) >= 11 is 4.31. The molecule has 0 bridgehead atoms. The SMILES string of the molecule is NC(=O)c1ccc(SCC(=O)Nc2ccc(Br)cc2)c([N+](=O)[O-])c1. The van der Waals surface area contributed by atoms with E-state index in [1.807, 2.05) is 0 Å². The van der Waals surface area contributed by atoms with Crippen LogP contribution in [-0.4, -0.2) is 22.5 Å². The van der Waals surface area contributed by atoms with E-state index in [-0.39, 0.29) is 27.8 Å². The summed E-state index contributed by atoms with van der Waals surface area (Å²) in [6.45, 7) is 0. The molecule has 0 spiro atoms. The van der Waals surface area contributed by atoms with Crippen LogP contribution >= 0.6 is 27.7 Å². The number of carbonyl (C=O) groups excluding carboxylic acids is 2. The van der Waals surface area contributed by atoms with E-state index in [0.29, 0.717) is 5.69 Å². The molecule has 24 heavy (non-hydrogen) atoms. The van der Waals surface area contributed by atoms with Crippen molar-refractivity contribution in [3.63, 3.8) is 0 Å². The first kappa shape index (κ1) is 18.0. The van der Waals surface area contributed by atoms with Crippen molar-refractivity contribution in [3.05, 3.63) is 62.6 Å². The zero-order chi connectivity index (χ0) is 17.7. The summed E-state index contributed by atoms with van der Waals surface area (Å²) in [5.74, 6) is -1.05. The third kappa shape index (κ3) is 4.80. The number of amides is 2. The van der Waals surface area contributed by atoms with Crippen molar-refractivity contribution in [3.8, 4) is 0 Å². The Bertz CT molecular complexity index is 796. The quantitative estimate of drug-likeness (QED) is 0.431. The fraction of sp³-hybridized carbons (Fsp3) is 0.0667. The van der Waals surface area contributed by atoms with Crippen LogP contribution in [-0.2, 0) is 4.79 Å². The first-order valence-corrected chi connectivity index (χ1v) is 8.41. The van der Waals surface area contributed by atoms with Crippen LogP contribution in [0, 0.1) is 10.1 Å². The number of nitrogens with two attached hydrogens (primary N) is 1. The second-order valence-corrected chi connectivity index (χ2v) is 6.58. The van der Waals surface area contributed by atoms with Gasteiger partial charge in [-0.25, -0.2) is 0 Å². The van der Waals surface area contributed by atoms with Crippen LogP contribution in [0.15, 0.2) is 51.8 Å². The molecule has 0 aliphatic rings. The molecule has 0 saturated heterocycles. The Hall–Kier alpha value is -2.39. The Labute approximate surface area is 149 Å². The average molecular weight is 410 g/mol. The van der Waals surface area contributed by atoms with E-state index in [1.165, 1.54) is 12.1 Å². The molecule has 0 aromatic heterocycles. The lowest BCUT2D eigenvalue weighted by molar-refractivity contribution is -0.387. The molecule has 0 atom stereocenters. The van der Waals surface area contributed by atoms with E-state index < -0.39 is 10.8 Å². The molecule has 0 heterocycles. The number of nitro groups is 1. The Morgan fingerprint density at radius 1 is 1.21 bits per heavy atom. The number of carbonyl (C=O) groups is 2. The highest BCUT2D eigenvalue weighted by Crippen LogP contribution is 2.30. The topological polar surface area (TPSA) is 115 Å². The number of hydrogen-bond acceptors (Lipinski definition) is 5. The number of thioether (sulfide) groups is 1. The third-order valence-corrected chi connectivity index (χ3v) is 4.52. The van der Waals surface area contributed by atoms with Crippen LogP contribution in [0.1, 0.15) is 10.4 Å². The normalized spacial score (nSPS) is 10.2. The van der Waals surface area contributed by atoms with E-state index in [9.17, 15) is 19.7 Å². The molecule has 2 aromatic rings. The highest BCUT2D eigenvalue weighted by atomic mass is 79.9. The zero-order valence-corrected chi connectivity index (χ0v) is 14.6. The van der Waals surface area contributed by atoms with Gasteiger partial charge < -0.3 is 11.1 Å². The Kier molecular flexibility index (Phi) is 5.93. The predicted molar refractivity (Wildman–Crippen MR) is 95.1 cm³/mol. The van der Waals surface area contributed by atoms with Gasteiger partial charge >= 0.3 is 0 Å². The summed E-state index contributed by atoms with van der Waals surface area (Å²) in [7, 11) is 0. The lowest BCUT2D eigenvalue weighted by atomic mass is 10.2. The van der Waals surface area contributed by atoms with Gasteiger partial charge in [0.25, 0.3) is 5.69 Å². The number of hydrogen-bond donors (Lipinski definition) is 2. The van der Waals surface area contributed by atoms with Crippen LogP contribution in [0.3, 0.4) is 0 Å². The number of rotatable bonds is 6. The molecule has 0 aliphatic carbocycles. The summed E-state index contributed by atoms with van der Waals surface area (Å²) in [5, 5.41) is 13.8. The Morgan fingerprint density at radius 3 is 2.46 bits per heavy atom. The first-order valence-electron chi connectivity index (χ1n) is 6.63. The van der Waals surface area contributed by atoms with Gasteiger partial charge in [0.05, 0.1) is 15.6 Å². The number of nitro benzene ring substituents is 1. The van der Waals surface area contributed by atoms with Crippen molar-refractivity contribution in [2.24, 2.45) is 5.73 Å². The summed E-state index contributed by atoms with van der Waals surface area (Å²) in [6.07, 6.45) is 0. The van der Waals surface area contributed by atoms with Crippen LogP contribution in [0.5, 0.6) is 0 Å². The first-order chi connectivity index (χ1) is 11.4. The molecule has 3 N–H and O–H groups in total. The fourth-order valence-corrected chi connectivity index (χ4v) is 2.88. The number of benzene rings is 2. The van der Waals surface area contributed by atoms with Gasteiger partial charge in [0.1, 0.15) is 0 Å². The van der Waals surface area contributed by atoms with Crippen molar-refractivity contribution < 1.29 is 14.5 Å². The number of nitrogens with zero attached hydrogens (tertiary/aromatic N) is 1. The number of anilines is 1. The molecule has 7 nitrogen and oxygen atoms in total. The number of nitrogens with one attached hydrogen (secondary N) is 1. The van der Waals surface area contributed by atoms with Crippen LogP contribution < -0.4 is 11.1 Å². The molecule has 9 heteroatoms. The Balaban J connectivity index is 2.05. The molecule has 0 aliphatic heterocycles. The van der Waals surface area contributed by atoms with Gasteiger partial charge in [0.15, 0.2) is 0 Å². The van der Waals surface area contributed by atoms with Gasteiger partial charge in [-0.05, 0) is 36.4 Å². The molecular formula is C15H12BrN3O4S. The van der Waals surface area contributed by atoms with Crippen LogP contribution in [0.2, 0.25) is 0 Å². The van der Waals surface area contributed by atoms with Gasteiger partial charge in [-0.1, -0.05) is 15.9 Å². The summed E-state index contributed by atoms with van der Waals surface area (Å²) < 4.78 is 0.889. The predicted octanol–water partition coefficient (Wildman–Crippen LogP) is 3.19. The minimum absolute atomic E-state index is 0.00712. The zero-order valence-electron chi connectivity index (χ0n) is 12.2. The van der Waals surface area contributed by atoms with Gasteiger partial charge in [-0.15, -0.1) is 11.8 Å². The second kappa shape index (κ2) is 7.93. The van der Waals surface area contributed by atoms with E-state index >= 15 is 0 Å². The molecule has 0 fully saturated rings. The van der Waals surface area contributed by atoms with Gasteiger partial charge in [0, 0.05) is 21.8 Å².